The first-order valence-electron chi connectivity index (χ1n) is 10.4. The Kier molecular flexibility index (Phi) is 6.61. The number of fused-ring (bicyclic) bond motifs is 1. The topological polar surface area (TPSA) is 34.0 Å². The summed E-state index contributed by atoms with van der Waals surface area (Å²) < 4.78 is 29.7. The Morgan fingerprint density at radius 3 is 2.53 bits per heavy atom. The van der Waals surface area contributed by atoms with Crippen molar-refractivity contribution in [2.45, 2.75) is 31.0 Å². The van der Waals surface area contributed by atoms with E-state index in [1.54, 1.807) is 11.8 Å². The van der Waals surface area contributed by atoms with Gasteiger partial charge in [0.1, 0.15) is 17.2 Å². The summed E-state index contributed by atoms with van der Waals surface area (Å²) >= 11 is 1.78. The van der Waals surface area contributed by atoms with E-state index in [-0.39, 0.29) is 6.54 Å². The number of halogens is 2. The zero-order valence-corrected chi connectivity index (χ0v) is 18.8. The van der Waals surface area contributed by atoms with Crippen LogP contribution in [0.5, 0.6) is 0 Å². The molecule has 0 aliphatic rings. The van der Waals surface area contributed by atoms with Crippen molar-refractivity contribution < 1.29 is 13.6 Å². The molecule has 164 valence electrons. The van der Waals surface area contributed by atoms with E-state index in [4.69, 9.17) is 0 Å². The fraction of sp³-hybridized carbons (Fsp3) is 0.192. The number of aromatic nitrogens is 1. The van der Waals surface area contributed by atoms with Gasteiger partial charge in [-0.05, 0) is 43.2 Å². The number of hydrogen-bond donors (Lipinski definition) is 1. The second-order valence-corrected chi connectivity index (χ2v) is 8.79. The largest absolute Gasteiger partial charge is 0.350 e. The highest BCUT2D eigenvalue weighted by Crippen LogP contribution is 2.33. The maximum absolute atomic E-state index is 13.8. The number of benzene rings is 3. The van der Waals surface area contributed by atoms with Gasteiger partial charge < -0.3 is 9.88 Å². The lowest BCUT2D eigenvalue weighted by atomic mass is 10.1. The molecule has 0 saturated carbocycles. The van der Waals surface area contributed by atoms with Crippen molar-refractivity contribution in [1.29, 1.82) is 0 Å². The summed E-state index contributed by atoms with van der Waals surface area (Å²) in [5.74, 6) is -1.61. The van der Waals surface area contributed by atoms with Crippen molar-refractivity contribution in [3.63, 3.8) is 0 Å². The third-order valence-electron chi connectivity index (χ3n) is 5.47. The van der Waals surface area contributed by atoms with Gasteiger partial charge in [-0.15, -0.1) is 11.8 Å². The van der Waals surface area contributed by atoms with Crippen LogP contribution in [0.1, 0.15) is 27.0 Å². The van der Waals surface area contributed by atoms with E-state index >= 15 is 0 Å². The molecule has 6 heteroatoms. The number of nitrogens with zero attached hydrogens (tertiary/aromatic N) is 1. The summed E-state index contributed by atoms with van der Waals surface area (Å²) in [5.41, 5.74) is 4.34. The van der Waals surface area contributed by atoms with Gasteiger partial charge in [0.25, 0.3) is 5.91 Å². The molecule has 0 aliphatic carbocycles. The molecule has 1 N–H and O–H groups in total. The molecule has 0 saturated heterocycles. The number of hydrogen-bond acceptors (Lipinski definition) is 2. The minimum atomic E-state index is -0.862. The Morgan fingerprint density at radius 2 is 1.75 bits per heavy atom. The molecule has 32 heavy (non-hydrogen) atoms. The van der Waals surface area contributed by atoms with Crippen LogP contribution in [0.4, 0.5) is 8.78 Å². The molecule has 0 unspecified atom stereocenters. The van der Waals surface area contributed by atoms with E-state index < -0.39 is 23.1 Å². The molecule has 0 bridgehead atoms. The van der Waals surface area contributed by atoms with E-state index in [2.05, 4.69) is 54.2 Å². The number of para-hydroxylation sites is 1. The van der Waals surface area contributed by atoms with Gasteiger partial charge in [-0.1, -0.05) is 48.0 Å². The van der Waals surface area contributed by atoms with Crippen molar-refractivity contribution in [2.24, 2.45) is 0 Å². The molecule has 3 aromatic carbocycles. The van der Waals surface area contributed by atoms with Crippen molar-refractivity contribution >= 4 is 28.6 Å². The average Bonchev–Trinajstić information content (AvgIpc) is 3.12. The predicted octanol–water partition coefficient (Wildman–Crippen LogP) is 6.26. The lowest BCUT2D eigenvalue weighted by Gasteiger charge is -2.09. The van der Waals surface area contributed by atoms with Gasteiger partial charge in [-0.25, -0.2) is 8.78 Å². The van der Waals surface area contributed by atoms with Crippen molar-refractivity contribution in [2.75, 3.05) is 6.54 Å². The lowest BCUT2D eigenvalue weighted by molar-refractivity contribution is 0.0944. The normalized spacial score (nSPS) is 11.1. The maximum atomic E-state index is 13.8. The molecule has 0 aliphatic heterocycles. The van der Waals surface area contributed by atoms with Crippen molar-refractivity contribution in [3.8, 4) is 0 Å². The molecule has 0 fully saturated rings. The molecule has 4 rings (SSSR count). The second kappa shape index (κ2) is 9.57. The Labute approximate surface area is 190 Å². The Hall–Kier alpha value is -3.12. The van der Waals surface area contributed by atoms with Gasteiger partial charge in [0.15, 0.2) is 0 Å². The van der Waals surface area contributed by atoms with Gasteiger partial charge in [0.05, 0.1) is 0 Å². The number of rotatable bonds is 7. The second-order valence-electron chi connectivity index (χ2n) is 7.78. The average molecular weight is 451 g/mol. The fourth-order valence-corrected chi connectivity index (χ4v) is 4.87. The van der Waals surface area contributed by atoms with Crippen LogP contribution in [0.2, 0.25) is 0 Å². The summed E-state index contributed by atoms with van der Waals surface area (Å²) in [7, 11) is 0. The summed E-state index contributed by atoms with van der Waals surface area (Å²) in [5, 5.41) is 3.78. The molecular weight excluding hydrogens is 426 g/mol. The molecule has 0 spiro atoms. The maximum Gasteiger partial charge on any atom is 0.257 e. The number of carbonyl (C=O) groups is 1. The molecule has 0 radical (unpaired) electrons. The van der Waals surface area contributed by atoms with Crippen LogP contribution in [-0.4, -0.2) is 17.0 Å². The van der Waals surface area contributed by atoms with Gasteiger partial charge >= 0.3 is 0 Å². The molecule has 1 aromatic heterocycles. The highest BCUT2D eigenvalue weighted by Gasteiger charge is 2.17. The summed E-state index contributed by atoms with van der Waals surface area (Å²) in [6.07, 6.45) is 2.08. The molecular formula is C26H24F2N2OS. The predicted molar refractivity (Wildman–Crippen MR) is 126 cm³/mol. The Bertz CT molecular complexity index is 1260. The quantitative estimate of drug-likeness (QED) is 0.337. The van der Waals surface area contributed by atoms with Crippen LogP contribution in [0.3, 0.4) is 0 Å². The highest BCUT2D eigenvalue weighted by atomic mass is 32.2. The zero-order valence-electron chi connectivity index (χ0n) is 18.0. The van der Waals surface area contributed by atoms with Crippen molar-refractivity contribution in [3.05, 3.63) is 101 Å². The standard InChI is InChI=1S/C26H24F2N2OS/c1-17-10-11-18(2)19(14-17)16-32-24-15-30(23-9-4-3-6-20(23)24)13-12-29-26(31)25-21(27)7-5-8-22(25)28/h3-11,14-15H,12-13,16H2,1-2H3,(H,29,31). The van der Waals surface area contributed by atoms with Crippen LogP contribution in [0.25, 0.3) is 10.9 Å². The number of carbonyl (C=O) groups excluding carboxylic acids is 1. The molecule has 0 atom stereocenters. The number of thioether (sulfide) groups is 1. The minimum absolute atomic E-state index is 0.256. The zero-order chi connectivity index (χ0) is 22.7. The fourth-order valence-electron chi connectivity index (χ4n) is 3.72. The summed E-state index contributed by atoms with van der Waals surface area (Å²) in [6.45, 7) is 4.97. The smallest absolute Gasteiger partial charge is 0.257 e. The SMILES string of the molecule is Cc1ccc(C)c(CSc2cn(CCNC(=O)c3c(F)cccc3F)c3ccccc23)c1. The first-order valence-corrected chi connectivity index (χ1v) is 11.4. The highest BCUT2D eigenvalue weighted by molar-refractivity contribution is 7.98. The molecule has 1 amide bonds. The van der Waals surface area contributed by atoms with Gasteiger partial charge in [0.2, 0.25) is 0 Å². The van der Waals surface area contributed by atoms with Crippen LogP contribution >= 0.6 is 11.8 Å². The Balaban J connectivity index is 1.48. The third kappa shape index (κ3) is 4.70. The van der Waals surface area contributed by atoms with Crippen LogP contribution < -0.4 is 5.32 Å². The molecule has 1 heterocycles. The van der Waals surface area contributed by atoms with Gasteiger partial charge in [-0.3, -0.25) is 4.79 Å². The van der Waals surface area contributed by atoms with Gasteiger partial charge in [0, 0.05) is 40.8 Å². The molecule has 4 aromatic rings. The monoisotopic (exact) mass is 450 g/mol. The lowest BCUT2D eigenvalue weighted by Crippen LogP contribution is -2.28. The van der Waals surface area contributed by atoms with E-state index in [0.717, 1.165) is 33.7 Å². The number of amides is 1. The van der Waals surface area contributed by atoms with Crippen LogP contribution in [0.15, 0.2) is 71.8 Å². The molecule has 3 nitrogen and oxygen atoms in total. The van der Waals surface area contributed by atoms with Gasteiger partial charge in [-0.2, -0.15) is 0 Å². The number of nitrogens with one attached hydrogen (secondary N) is 1. The summed E-state index contributed by atoms with van der Waals surface area (Å²) in [4.78, 5) is 13.4. The van der Waals surface area contributed by atoms with E-state index in [1.165, 1.54) is 22.8 Å². The van der Waals surface area contributed by atoms with Crippen molar-refractivity contribution in [1.82, 2.24) is 9.88 Å². The first-order chi connectivity index (χ1) is 15.4. The van der Waals surface area contributed by atoms with E-state index in [1.807, 2.05) is 18.2 Å². The minimum Gasteiger partial charge on any atom is -0.350 e. The van der Waals surface area contributed by atoms with E-state index in [0.29, 0.717) is 6.54 Å². The summed E-state index contributed by atoms with van der Waals surface area (Å²) in [6, 6.07) is 18.0. The Morgan fingerprint density at radius 1 is 1.00 bits per heavy atom. The van der Waals surface area contributed by atoms with Crippen LogP contribution in [-0.2, 0) is 12.3 Å². The first kappa shape index (κ1) is 22.1. The third-order valence-corrected chi connectivity index (χ3v) is 6.56. The van der Waals surface area contributed by atoms with E-state index in [9.17, 15) is 13.6 Å². The van der Waals surface area contributed by atoms with Crippen LogP contribution in [0, 0.1) is 25.5 Å². The number of aryl methyl sites for hydroxylation is 2.